The molecule has 20 heavy (non-hydrogen) atoms. The number of nitrogens with one attached hydrogen (secondary N) is 1. The lowest BCUT2D eigenvalue weighted by molar-refractivity contribution is 0.544. The van der Waals surface area contributed by atoms with Crippen molar-refractivity contribution in [3.05, 3.63) is 68.4 Å². The maximum Gasteiger partial charge on any atom is 0.129 e. The second-order valence-electron chi connectivity index (χ2n) is 4.57. The summed E-state index contributed by atoms with van der Waals surface area (Å²) < 4.78 is 16.0. The number of benzene rings is 2. The second-order valence-corrected chi connectivity index (χ2v) is 6.34. The predicted octanol–water partition coefficient (Wildman–Crippen LogP) is 5.44. The van der Waals surface area contributed by atoms with Gasteiger partial charge in [0.25, 0.3) is 0 Å². The van der Waals surface area contributed by atoms with Crippen molar-refractivity contribution in [3.63, 3.8) is 0 Å². The van der Waals surface area contributed by atoms with Gasteiger partial charge in [0.05, 0.1) is 6.04 Å². The normalized spacial score (nSPS) is 12.4. The number of halogens is 3. The van der Waals surface area contributed by atoms with E-state index in [4.69, 9.17) is 0 Å². The van der Waals surface area contributed by atoms with Crippen molar-refractivity contribution >= 4 is 31.9 Å². The summed E-state index contributed by atoms with van der Waals surface area (Å²) in [7, 11) is 0. The molecule has 1 nitrogen and oxygen atoms in total. The maximum absolute atomic E-state index is 14.2. The molecule has 0 heterocycles. The Morgan fingerprint density at radius 1 is 1.10 bits per heavy atom. The molecule has 0 aromatic heterocycles. The van der Waals surface area contributed by atoms with Crippen LogP contribution in [0.4, 0.5) is 4.39 Å². The van der Waals surface area contributed by atoms with Crippen molar-refractivity contribution in [2.45, 2.75) is 19.4 Å². The molecule has 106 valence electrons. The van der Waals surface area contributed by atoms with Gasteiger partial charge in [0.15, 0.2) is 0 Å². The van der Waals surface area contributed by atoms with Gasteiger partial charge in [-0.1, -0.05) is 57.0 Å². The van der Waals surface area contributed by atoms with E-state index in [1.807, 2.05) is 30.3 Å². The Labute approximate surface area is 135 Å². The van der Waals surface area contributed by atoms with E-state index in [9.17, 15) is 4.39 Å². The molecule has 0 amide bonds. The third-order valence-corrected chi connectivity index (χ3v) is 4.31. The molecule has 1 N–H and O–H groups in total. The maximum atomic E-state index is 14.2. The molecule has 0 bridgehead atoms. The number of rotatable bonds is 5. The first-order valence-corrected chi connectivity index (χ1v) is 8.15. The van der Waals surface area contributed by atoms with E-state index < -0.39 is 0 Å². The molecule has 1 unspecified atom stereocenters. The average Bonchev–Trinajstić information content (AvgIpc) is 2.43. The van der Waals surface area contributed by atoms with E-state index in [-0.39, 0.29) is 11.9 Å². The van der Waals surface area contributed by atoms with Gasteiger partial charge in [-0.15, -0.1) is 0 Å². The lowest BCUT2D eigenvalue weighted by Gasteiger charge is -2.21. The Kier molecular flexibility index (Phi) is 5.75. The van der Waals surface area contributed by atoms with Crippen LogP contribution in [0.15, 0.2) is 51.4 Å². The number of hydrogen-bond acceptors (Lipinski definition) is 1. The van der Waals surface area contributed by atoms with Gasteiger partial charge in [0.1, 0.15) is 5.82 Å². The first-order valence-electron chi connectivity index (χ1n) is 6.56. The van der Waals surface area contributed by atoms with Gasteiger partial charge in [-0.05, 0) is 42.8 Å². The second kappa shape index (κ2) is 7.34. The SMILES string of the molecule is CCCNC(c1ccc(Br)cc1)c1c(F)cccc1Br. The van der Waals surface area contributed by atoms with E-state index in [1.165, 1.54) is 6.07 Å². The van der Waals surface area contributed by atoms with Crippen LogP contribution in [-0.4, -0.2) is 6.54 Å². The quantitative estimate of drug-likeness (QED) is 0.704. The molecule has 0 spiro atoms. The first-order chi connectivity index (χ1) is 9.63. The fourth-order valence-electron chi connectivity index (χ4n) is 2.12. The van der Waals surface area contributed by atoms with Crippen LogP contribution in [-0.2, 0) is 0 Å². The van der Waals surface area contributed by atoms with Crippen LogP contribution < -0.4 is 5.32 Å². The van der Waals surface area contributed by atoms with Crippen LogP contribution in [0.5, 0.6) is 0 Å². The first kappa shape index (κ1) is 15.7. The zero-order valence-corrected chi connectivity index (χ0v) is 14.3. The Morgan fingerprint density at radius 2 is 1.80 bits per heavy atom. The minimum Gasteiger partial charge on any atom is -0.306 e. The third kappa shape index (κ3) is 3.68. The molecule has 0 aliphatic rings. The van der Waals surface area contributed by atoms with Gasteiger partial charge in [-0.25, -0.2) is 4.39 Å². The van der Waals surface area contributed by atoms with Crippen LogP contribution >= 0.6 is 31.9 Å². The molecule has 4 heteroatoms. The summed E-state index contributed by atoms with van der Waals surface area (Å²) in [5, 5.41) is 3.42. The highest BCUT2D eigenvalue weighted by Crippen LogP contribution is 2.31. The van der Waals surface area contributed by atoms with Crippen molar-refractivity contribution in [1.82, 2.24) is 5.32 Å². The minimum atomic E-state index is -0.198. The van der Waals surface area contributed by atoms with Crippen molar-refractivity contribution in [3.8, 4) is 0 Å². The molecular weight excluding hydrogens is 385 g/mol. The van der Waals surface area contributed by atoms with Gasteiger partial charge in [0.2, 0.25) is 0 Å². The summed E-state index contributed by atoms with van der Waals surface area (Å²) in [4.78, 5) is 0. The molecule has 0 fully saturated rings. The summed E-state index contributed by atoms with van der Waals surface area (Å²) in [6.07, 6.45) is 0.999. The van der Waals surface area contributed by atoms with Crippen molar-refractivity contribution in [2.24, 2.45) is 0 Å². The molecule has 2 aromatic rings. The molecular formula is C16H16Br2FN. The summed E-state index contributed by atoms with van der Waals surface area (Å²) in [6.45, 7) is 2.93. The highest BCUT2D eigenvalue weighted by Gasteiger charge is 2.19. The molecule has 0 saturated heterocycles. The van der Waals surface area contributed by atoms with Crippen LogP contribution in [0.1, 0.15) is 30.5 Å². The van der Waals surface area contributed by atoms with Crippen LogP contribution in [0.2, 0.25) is 0 Å². The summed E-state index contributed by atoms with van der Waals surface area (Å²) in [6, 6.07) is 12.9. The highest BCUT2D eigenvalue weighted by molar-refractivity contribution is 9.10. The fraction of sp³-hybridized carbons (Fsp3) is 0.250. The van der Waals surface area contributed by atoms with E-state index in [0.717, 1.165) is 27.5 Å². The smallest absolute Gasteiger partial charge is 0.129 e. The Bertz CT molecular complexity index is 549. The lowest BCUT2D eigenvalue weighted by atomic mass is 9.98. The lowest BCUT2D eigenvalue weighted by Crippen LogP contribution is -2.24. The monoisotopic (exact) mass is 399 g/mol. The van der Waals surface area contributed by atoms with E-state index in [2.05, 4.69) is 44.1 Å². The summed E-state index contributed by atoms with van der Waals surface area (Å²) in [5.41, 5.74) is 1.70. The molecule has 1 atom stereocenters. The third-order valence-electron chi connectivity index (χ3n) is 3.09. The van der Waals surface area contributed by atoms with Crippen molar-refractivity contribution in [1.29, 1.82) is 0 Å². The standard InChI is InChI=1S/C16H16Br2FN/c1-2-10-20-16(11-6-8-12(17)9-7-11)15-13(18)4-3-5-14(15)19/h3-9,16,20H,2,10H2,1H3. The molecule has 2 aromatic carbocycles. The largest absolute Gasteiger partial charge is 0.306 e. The topological polar surface area (TPSA) is 12.0 Å². The van der Waals surface area contributed by atoms with Gasteiger partial charge in [-0.2, -0.15) is 0 Å². The van der Waals surface area contributed by atoms with Gasteiger partial charge < -0.3 is 5.32 Å². The molecule has 0 saturated carbocycles. The zero-order valence-electron chi connectivity index (χ0n) is 11.2. The van der Waals surface area contributed by atoms with Crippen LogP contribution in [0.3, 0.4) is 0 Å². The fourth-order valence-corrected chi connectivity index (χ4v) is 2.95. The van der Waals surface area contributed by atoms with E-state index >= 15 is 0 Å². The Balaban J connectivity index is 2.44. The van der Waals surface area contributed by atoms with E-state index in [0.29, 0.717) is 5.56 Å². The predicted molar refractivity (Wildman–Crippen MR) is 88.4 cm³/mol. The zero-order chi connectivity index (χ0) is 14.5. The van der Waals surface area contributed by atoms with Crippen molar-refractivity contribution in [2.75, 3.05) is 6.54 Å². The average molecular weight is 401 g/mol. The van der Waals surface area contributed by atoms with Crippen LogP contribution in [0, 0.1) is 5.82 Å². The highest BCUT2D eigenvalue weighted by atomic mass is 79.9. The van der Waals surface area contributed by atoms with Gasteiger partial charge in [0, 0.05) is 14.5 Å². The Morgan fingerprint density at radius 3 is 2.40 bits per heavy atom. The van der Waals surface area contributed by atoms with Crippen LogP contribution in [0.25, 0.3) is 0 Å². The molecule has 0 aliphatic heterocycles. The van der Waals surface area contributed by atoms with Crippen molar-refractivity contribution < 1.29 is 4.39 Å². The van der Waals surface area contributed by atoms with E-state index in [1.54, 1.807) is 6.07 Å². The number of hydrogen-bond donors (Lipinski definition) is 1. The molecule has 0 aliphatic carbocycles. The summed E-state index contributed by atoms with van der Waals surface area (Å²) >= 11 is 6.89. The van der Waals surface area contributed by atoms with Gasteiger partial charge in [-0.3, -0.25) is 0 Å². The molecule has 2 rings (SSSR count). The Hall–Kier alpha value is -0.710. The summed E-state index contributed by atoms with van der Waals surface area (Å²) in [5.74, 6) is -0.198. The molecule has 0 radical (unpaired) electrons. The van der Waals surface area contributed by atoms with Gasteiger partial charge >= 0.3 is 0 Å². The minimum absolute atomic E-state index is 0.154.